The van der Waals surface area contributed by atoms with E-state index < -0.39 is 0 Å². The smallest absolute Gasteiger partial charge is 0.209 e. The van der Waals surface area contributed by atoms with Gasteiger partial charge < -0.3 is 9.84 Å². The minimum Gasteiger partial charge on any atom is -0.512 e. The summed E-state index contributed by atoms with van der Waals surface area (Å²) in [6, 6.07) is 17.2. The summed E-state index contributed by atoms with van der Waals surface area (Å²) in [5, 5.41) is 16.7. The Morgan fingerprint density at radius 2 is 1.91 bits per heavy atom. The molecule has 3 aromatic rings. The predicted octanol–water partition coefficient (Wildman–Crippen LogP) is 4.43. The summed E-state index contributed by atoms with van der Waals surface area (Å²) in [5.74, 6) is 2.62. The molecular formula is C17H15N3O2S. The molecule has 6 heteroatoms. The maximum absolute atomic E-state index is 9.12. The molecule has 0 aliphatic carbocycles. The Morgan fingerprint density at radius 3 is 2.70 bits per heavy atom. The second-order valence-electron chi connectivity index (χ2n) is 4.76. The van der Waals surface area contributed by atoms with E-state index in [-0.39, 0.29) is 5.76 Å². The third-order valence-corrected chi connectivity index (χ3v) is 3.84. The Hall–Kier alpha value is -2.73. The zero-order valence-electron chi connectivity index (χ0n) is 12.3. The van der Waals surface area contributed by atoms with Crippen LogP contribution < -0.4 is 4.74 Å². The van der Waals surface area contributed by atoms with Crippen molar-refractivity contribution in [2.75, 3.05) is 5.75 Å². The summed E-state index contributed by atoms with van der Waals surface area (Å²) in [6.07, 6.45) is 0. The molecule has 0 aliphatic rings. The van der Waals surface area contributed by atoms with Gasteiger partial charge in [0.15, 0.2) is 5.82 Å². The molecule has 116 valence electrons. The number of nitrogens with one attached hydrogen (secondary N) is 1. The second kappa shape index (κ2) is 7.02. The number of rotatable bonds is 6. The average molecular weight is 325 g/mol. The number of aliphatic hydroxyl groups is 1. The lowest BCUT2D eigenvalue weighted by Gasteiger charge is -2.06. The van der Waals surface area contributed by atoms with Crippen LogP contribution in [-0.4, -0.2) is 26.0 Å². The van der Waals surface area contributed by atoms with E-state index in [1.54, 1.807) is 0 Å². The Bertz CT molecular complexity index is 802. The largest absolute Gasteiger partial charge is 0.512 e. The van der Waals surface area contributed by atoms with Crippen LogP contribution in [0, 0.1) is 0 Å². The number of thioether (sulfide) groups is 1. The van der Waals surface area contributed by atoms with Crippen molar-refractivity contribution in [2.24, 2.45) is 0 Å². The molecule has 3 rings (SSSR count). The minimum atomic E-state index is 0.0969. The zero-order valence-corrected chi connectivity index (χ0v) is 13.1. The molecule has 0 spiro atoms. The summed E-state index contributed by atoms with van der Waals surface area (Å²) in [6.45, 7) is 3.44. The maximum Gasteiger partial charge on any atom is 0.209 e. The van der Waals surface area contributed by atoms with Crippen LogP contribution in [-0.2, 0) is 0 Å². The van der Waals surface area contributed by atoms with Gasteiger partial charge in [0, 0.05) is 5.56 Å². The van der Waals surface area contributed by atoms with Crippen LogP contribution in [0.2, 0.25) is 0 Å². The van der Waals surface area contributed by atoms with Gasteiger partial charge in [0.2, 0.25) is 5.16 Å². The first-order chi connectivity index (χ1) is 11.2. The quantitative estimate of drug-likeness (QED) is 0.518. The molecule has 0 radical (unpaired) electrons. The lowest BCUT2D eigenvalue weighted by molar-refractivity contribution is 0.420. The summed E-state index contributed by atoms with van der Waals surface area (Å²) in [4.78, 5) is 4.39. The van der Waals surface area contributed by atoms with Gasteiger partial charge in [-0.1, -0.05) is 48.7 Å². The zero-order chi connectivity index (χ0) is 16.1. The Kier molecular flexibility index (Phi) is 4.63. The van der Waals surface area contributed by atoms with Crippen LogP contribution in [0.5, 0.6) is 11.5 Å². The first-order valence-electron chi connectivity index (χ1n) is 6.96. The van der Waals surface area contributed by atoms with Crippen molar-refractivity contribution in [3.63, 3.8) is 0 Å². The van der Waals surface area contributed by atoms with Gasteiger partial charge >= 0.3 is 0 Å². The number of para-hydroxylation sites is 1. The Balaban J connectivity index is 1.76. The van der Waals surface area contributed by atoms with Crippen molar-refractivity contribution in [1.29, 1.82) is 0 Å². The van der Waals surface area contributed by atoms with Crippen molar-refractivity contribution >= 4 is 11.8 Å². The van der Waals surface area contributed by atoms with E-state index in [0.29, 0.717) is 16.7 Å². The highest BCUT2D eigenvalue weighted by molar-refractivity contribution is 7.99. The van der Waals surface area contributed by atoms with E-state index in [0.717, 1.165) is 17.1 Å². The molecule has 0 saturated carbocycles. The van der Waals surface area contributed by atoms with Gasteiger partial charge in [0.25, 0.3) is 0 Å². The predicted molar refractivity (Wildman–Crippen MR) is 90.8 cm³/mol. The first kappa shape index (κ1) is 15.2. The fourth-order valence-corrected chi connectivity index (χ4v) is 2.48. The van der Waals surface area contributed by atoms with E-state index in [9.17, 15) is 0 Å². The van der Waals surface area contributed by atoms with E-state index >= 15 is 0 Å². The molecule has 0 fully saturated rings. The van der Waals surface area contributed by atoms with Crippen molar-refractivity contribution < 1.29 is 9.84 Å². The molecule has 1 aromatic heterocycles. The molecule has 5 nitrogen and oxygen atoms in total. The number of H-pyrrole nitrogens is 1. The average Bonchev–Trinajstić information content (AvgIpc) is 3.03. The topological polar surface area (TPSA) is 71.0 Å². The van der Waals surface area contributed by atoms with Crippen molar-refractivity contribution in [3.8, 4) is 22.9 Å². The molecule has 0 bridgehead atoms. The number of aliphatic hydroxyl groups excluding tert-OH is 1. The summed E-state index contributed by atoms with van der Waals surface area (Å²) in [7, 11) is 0. The van der Waals surface area contributed by atoms with Gasteiger partial charge in [-0.15, -0.1) is 5.10 Å². The molecule has 2 aromatic carbocycles. The number of hydrogen-bond donors (Lipinski definition) is 2. The molecule has 23 heavy (non-hydrogen) atoms. The molecular weight excluding hydrogens is 310 g/mol. The molecule has 2 N–H and O–H groups in total. The SMILES string of the molecule is C=C(O)CSc1n[nH]c(-c2cccc(Oc3ccccc3)c2)n1. The minimum absolute atomic E-state index is 0.0969. The number of nitrogens with zero attached hydrogens (tertiary/aromatic N) is 2. The van der Waals surface area contributed by atoms with Gasteiger partial charge in [-0.3, -0.25) is 5.10 Å². The lowest BCUT2D eigenvalue weighted by Crippen LogP contribution is -1.86. The summed E-state index contributed by atoms with van der Waals surface area (Å²) < 4.78 is 5.81. The van der Waals surface area contributed by atoms with Gasteiger partial charge in [-0.05, 0) is 24.3 Å². The third kappa shape index (κ3) is 4.14. The number of hydrogen-bond acceptors (Lipinski definition) is 5. The van der Waals surface area contributed by atoms with Crippen LogP contribution in [0.15, 0.2) is 72.1 Å². The molecule has 0 unspecified atom stereocenters. The van der Waals surface area contributed by atoms with E-state index in [2.05, 4.69) is 21.8 Å². The van der Waals surface area contributed by atoms with Crippen molar-refractivity contribution in [2.45, 2.75) is 5.16 Å². The van der Waals surface area contributed by atoms with E-state index in [1.807, 2.05) is 54.6 Å². The van der Waals surface area contributed by atoms with Crippen LogP contribution in [0.1, 0.15) is 0 Å². The second-order valence-corrected chi connectivity index (χ2v) is 5.71. The maximum atomic E-state index is 9.12. The number of aromatic amines is 1. The van der Waals surface area contributed by atoms with E-state index in [1.165, 1.54) is 11.8 Å². The summed E-state index contributed by atoms with van der Waals surface area (Å²) >= 11 is 1.32. The molecule has 0 aliphatic heterocycles. The van der Waals surface area contributed by atoms with Crippen LogP contribution in [0.3, 0.4) is 0 Å². The van der Waals surface area contributed by atoms with Crippen LogP contribution >= 0.6 is 11.8 Å². The van der Waals surface area contributed by atoms with Crippen LogP contribution in [0.4, 0.5) is 0 Å². The van der Waals surface area contributed by atoms with Gasteiger partial charge in [-0.2, -0.15) is 0 Å². The monoisotopic (exact) mass is 325 g/mol. The number of benzene rings is 2. The highest BCUT2D eigenvalue weighted by atomic mass is 32.2. The fourth-order valence-electron chi connectivity index (χ4n) is 1.92. The van der Waals surface area contributed by atoms with Gasteiger partial charge in [0.05, 0.1) is 11.5 Å². The standard InChI is InChI=1S/C17H15N3O2S/c1-12(21)11-23-17-18-16(19-20-17)13-6-5-9-15(10-13)22-14-7-3-2-4-8-14/h2-10,21H,1,11H2,(H,18,19,20). The Morgan fingerprint density at radius 1 is 1.13 bits per heavy atom. The number of aromatic nitrogens is 3. The number of ether oxygens (including phenoxy) is 1. The van der Waals surface area contributed by atoms with Gasteiger partial charge in [-0.25, -0.2) is 4.98 Å². The van der Waals surface area contributed by atoms with Gasteiger partial charge in [0.1, 0.15) is 11.5 Å². The molecule has 1 heterocycles. The molecule has 0 atom stereocenters. The first-order valence-corrected chi connectivity index (χ1v) is 7.94. The highest BCUT2D eigenvalue weighted by Crippen LogP contribution is 2.26. The van der Waals surface area contributed by atoms with Crippen molar-refractivity contribution in [1.82, 2.24) is 15.2 Å². The Labute approximate surface area is 138 Å². The molecule has 0 saturated heterocycles. The van der Waals surface area contributed by atoms with Crippen LogP contribution in [0.25, 0.3) is 11.4 Å². The third-order valence-electron chi connectivity index (χ3n) is 2.92. The fraction of sp³-hybridized carbons (Fsp3) is 0.0588. The summed E-state index contributed by atoms with van der Waals surface area (Å²) in [5.41, 5.74) is 0.876. The van der Waals surface area contributed by atoms with Crippen molar-refractivity contribution in [3.05, 3.63) is 66.9 Å². The lowest BCUT2D eigenvalue weighted by atomic mass is 10.2. The normalized spacial score (nSPS) is 10.4. The highest BCUT2D eigenvalue weighted by Gasteiger charge is 2.08. The molecule has 0 amide bonds. The van der Waals surface area contributed by atoms with E-state index in [4.69, 9.17) is 9.84 Å².